The number of carbonyl (C=O) groups is 1. The molecule has 2 aromatic rings. The Labute approximate surface area is 130 Å². The maximum atomic E-state index is 12.1. The standard InChI is InChI=1S/C18H21NO3/c1-18(2,3)14-7-10-16(20)19(12-14)15-8-4-13(5-9-15)6-11-17(21)22/h4-5,7-10,12H,6,11H2,1-3H3,(H,21,22). The van der Waals surface area contributed by atoms with Gasteiger partial charge in [-0.1, -0.05) is 39.0 Å². The monoisotopic (exact) mass is 299 g/mol. The molecule has 4 nitrogen and oxygen atoms in total. The first-order valence-electron chi connectivity index (χ1n) is 7.32. The molecule has 0 saturated heterocycles. The molecule has 0 radical (unpaired) electrons. The van der Waals surface area contributed by atoms with E-state index in [-0.39, 0.29) is 17.4 Å². The number of carboxylic acids is 1. The van der Waals surface area contributed by atoms with Crippen LogP contribution >= 0.6 is 0 Å². The number of pyridine rings is 1. The van der Waals surface area contributed by atoms with Crippen LogP contribution in [0.25, 0.3) is 5.69 Å². The molecule has 1 N–H and O–H groups in total. The zero-order chi connectivity index (χ0) is 16.3. The second-order valence-electron chi connectivity index (χ2n) is 6.44. The number of aliphatic carboxylic acids is 1. The van der Waals surface area contributed by atoms with Crippen molar-refractivity contribution in [3.63, 3.8) is 0 Å². The van der Waals surface area contributed by atoms with Crippen LogP contribution in [0.15, 0.2) is 47.4 Å². The first kappa shape index (κ1) is 16.0. The lowest BCUT2D eigenvalue weighted by atomic mass is 9.88. The molecule has 0 bridgehead atoms. The van der Waals surface area contributed by atoms with Gasteiger partial charge in [-0.3, -0.25) is 14.2 Å². The largest absolute Gasteiger partial charge is 0.481 e. The van der Waals surface area contributed by atoms with Gasteiger partial charge in [0, 0.05) is 24.4 Å². The van der Waals surface area contributed by atoms with Gasteiger partial charge >= 0.3 is 5.97 Å². The van der Waals surface area contributed by atoms with E-state index in [2.05, 4.69) is 20.8 Å². The van der Waals surface area contributed by atoms with Crippen molar-refractivity contribution in [1.82, 2.24) is 4.57 Å². The lowest BCUT2D eigenvalue weighted by Gasteiger charge is -2.20. The van der Waals surface area contributed by atoms with Crippen molar-refractivity contribution >= 4 is 5.97 Å². The van der Waals surface area contributed by atoms with Crippen LogP contribution < -0.4 is 5.56 Å². The second kappa shape index (κ2) is 6.18. The van der Waals surface area contributed by atoms with E-state index in [1.807, 2.05) is 36.5 Å². The fraction of sp³-hybridized carbons (Fsp3) is 0.333. The van der Waals surface area contributed by atoms with Crippen LogP contribution in [0.5, 0.6) is 0 Å². The SMILES string of the molecule is CC(C)(C)c1ccc(=O)n(-c2ccc(CCC(=O)O)cc2)c1. The molecular formula is C18H21NO3. The molecule has 0 spiro atoms. The summed E-state index contributed by atoms with van der Waals surface area (Å²) in [5.74, 6) is -0.807. The Kier molecular flexibility index (Phi) is 4.50. The van der Waals surface area contributed by atoms with Crippen LogP contribution in [-0.2, 0) is 16.6 Å². The van der Waals surface area contributed by atoms with E-state index < -0.39 is 5.97 Å². The van der Waals surface area contributed by atoms with E-state index in [0.717, 1.165) is 16.8 Å². The van der Waals surface area contributed by atoms with Crippen LogP contribution in [0.2, 0.25) is 0 Å². The Morgan fingerprint density at radius 3 is 2.27 bits per heavy atom. The predicted octanol–water partition coefficient (Wildman–Crippen LogP) is 3.15. The molecule has 0 aliphatic heterocycles. The van der Waals surface area contributed by atoms with Gasteiger partial charge in [0.2, 0.25) is 0 Å². The summed E-state index contributed by atoms with van der Waals surface area (Å²) in [5, 5.41) is 8.71. The number of hydrogen-bond acceptors (Lipinski definition) is 2. The number of aromatic nitrogens is 1. The highest BCUT2D eigenvalue weighted by atomic mass is 16.4. The fourth-order valence-corrected chi connectivity index (χ4v) is 2.21. The van der Waals surface area contributed by atoms with Gasteiger partial charge in [-0.2, -0.15) is 0 Å². The smallest absolute Gasteiger partial charge is 0.303 e. The van der Waals surface area contributed by atoms with Crippen LogP contribution in [0.4, 0.5) is 0 Å². The summed E-state index contributed by atoms with van der Waals surface area (Å²) in [6.45, 7) is 6.31. The highest BCUT2D eigenvalue weighted by molar-refractivity contribution is 5.67. The van der Waals surface area contributed by atoms with Crippen molar-refractivity contribution in [3.05, 3.63) is 64.1 Å². The third-order valence-corrected chi connectivity index (χ3v) is 3.62. The summed E-state index contributed by atoms with van der Waals surface area (Å²) >= 11 is 0. The topological polar surface area (TPSA) is 59.3 Å². The van der Waals surface area contributed by atoms with E-state index in [0.29, 0.717) is 6.42 Å². The van der Waals surface area contributed by atoms with Crippen LogP contribution in [0, 0.1) is 0 Å². The fourth-order valence-electron chi connectivity index (χ4n) is 2.21. The van der Waals surface area contributed by atoms with Gasteiger partial charge in [-0.15, -0.1) is 0 Å². The van der Waals surface area contributed by atoms with Crippen LogP contribution in [0.1, 0.15) is 38.3 Å². The number of carboxylic acid groups (broad SMARTS) is 1. The van der Waals surface area contributed by atoms with Gasteiger partial charge in [-0.25, -0.2) is 0 Å². The Balaban J connectivity index is 2.32. The molecule has 0 aliphatic rings. The molecule has 0 unspecified atom stereocenters. The average Bonchev–Trinajstić information content (AvgIpc) is 2.45. The number of aryl methyl sites for hydroxylation is 1. The number of hydrogen-bond donors (Lipinski definition) is 1. The van der Waals surface area contributed by atoms with Crippen molar-refractivity contribution in [2.24, 2.45) is 0 Å². The molecule has 116 valence electrons. The van der Waals surface area contributed by atoms with Crippen molar-refractivity contribution in [2.75, 3.05) is 0 Å². The summed E-state index contributed by atoms with van der Waals surface area (Å²) < 4.78 is 1.63. The zero-order valence-electron chi connectivity index (χ0n) is 13.2. The molecule has 2 rings (SSSR count). The molecule has 0 atom stereocenters. The Morgan fingerprint density at radius 1 is 1.09 bits per heavy atom. The van der Waals surface area contributed by atoms with Crippen molar-refractivity contribution in [3.8, 4) is 5.69 Å². The summed E-state index contributed by atoms with van der Waals surface area (Å²) in [5.41, 5.74) is 2.71. The van der Waals surface area contributed by atoms with E-state index in [1.54, 1.807) is 10.6 Å². The summed E-state index contributed by atoms with van der Waals surface area (Å²) in [6, 6.07) is 10.9. The molecule has 22 heavy (non-hydrogen) atoms. The Hall–Kier alpha value is -2.36. The molecule has 0 amide bonds. The number of rotatable bonds is 4. The van der Waals surface area contributed by atoms with Gasteiger partial charge < -0.3 is 5.11 Å². The second-order valence-corrected chi connectivity index (χ2v) is 6.44. The van der Waals surface area contributed by atoms with Crippen LogP contribution in [0.3, 0.4) is 0 Å². The average molecular weight is 299 g/mol. The maximum absolute atomic E-state index is 12.1. The van der Waals surface area contributed by atoms with Crippen LogP contribution in [-0.4, -0.2) is 15.6 Å². The third-order valence-electron chi connectivity index (χ3n) is 3.62. The lowest BCUT2D eigenvalue weighted by molar-refractivity contribution is -0.136. The Morgan fingerprint density at radius 2 is 1.73 bits per heavy atom. The highest BCUT2D eigenvalue weighted by Gasteiger charge is 2.15. The predicted molar refractivity (Wildman–Crippen MR) is 86.7 cm³/mol. The van der Waals surface area contributed by atoms with E-state index in [1.165, 1.54) is 0 Å². The minimum absolute atomic E-state index is 0.0309. The van der Waals surface area contributed by atoms with Gasteiger partial charge in [-0.05, 0) is 35.1 Å². The normalized spacial score (nSPS) is 11.4. The Bertz CT molecular complexity index is 721. The molecular weight excluding hydrogens is 278 g/mol. The molecule has 4 heteroatoms. The van der Waals surface area contributed by atoms with E-state index in [9.17, 15) is 9.59 Å². The lowest BCUT2D eigenvalue weighted by Crippen LogP contribution is -2.21. The van der Waals surface area contributed by atoms with Gasteiger partial charge in [0.25, 0.3) is 5.56 Å². The minimum atomic E-state index is -0.807. The van der Waals surface area contributed by atoms with Crippen molar-refractivity contribution < 1.29 is 9.90 Å². The molecule has 0 fully saturated rings. The number of benzene rings is 1. The van der Waals surface area contributed by atoms with Crippen molar-refractivity contribution in [1.29, 1.82) is 0 Å². The van der Waals surface area contributed by atoms with Crippen molar-refractivity contribution in [2.45, 2.75) is 39.0 Å². The van der Waals surface area contributed by atoms with Gasteiger partial charge in [0.15, 0.2) is 0 Å². The maximum Gasteiger partial charge on any atom is 0.303 e. The van der Waals surface area contributed by atoms with E-state index >= 15 is 0 Å². The highest BCUT2D eigenvalue weighted by Crippen LogP contribution is 2.21. The molecule has 1 heterocycles. The quantitative estimate of drug-likeness (QED) is 0.943. The summed E-state index contributed by atoms with van der Waals surface area (Å²) in [7, 11) is 0. The zero-order valence-corrected chi connectivity index (χ0v) is 13.2. The molecule has 1 aromatic carbocycles. The van der Waals surface area contributed by atoms with Gasteiger partial charge in [0.05, 0.1) is 0 Å². The third kappa shape index (κ3) is 3.85. The number of nitrogens with zero attached hydrogens (tertiary/aromatic N) is 1. The van der Waals surface area contributed by atoms with E-state index in [4.69, 9.17) is 5.11 Å². The first-order chi connectivity index (χ1) is 10.3. The summed E-state index contributed by atoms with van der Waals surface area (Å²) in [4.78, 5) is 22.7. The van der Waals surface area contributed by atoms with Gasteiger partial charge in [0.1, 0.15) is 0 Å². The molecule has 0 aliphatic carbocycles. The first-order valence-corrected chi connectivity index (χ1v) is 7.32. The molecule has 0 saturated carbocycles. The molecule has 1 aromatic heterocycles. The summed E-state index contributed by atoms with van der Waals surface area (Å²) in [6.07, 6.45) is 2.47. The minimum Gasteiger partial charge on any atom is -0.481 e.